The van der Waals surface area contributed by atoms with E-state index in [1.54, 1.807) is 23.5 Å². The number of carbonyl (C=O) groups is 2. The van der Waals surface area contributed by atoms with Crippen LogP contribution in [0, 0.1) is 45.8 Å². The summed E-state index contributed by atoms with van der Waals surface area (Å²) in [5.41, 5.74) is 4.76. The summed E-state index contributed by atoms with van der Waals surface area (Å²) in [5, 5.41) is 12.8. The van der Waals surface area contributed by atoms with Gasteiger partial charge in [-0.15, -0.1) is 11.3 Å². The first-order chi connectivity index (χ1) is 23.8. The maximum atomic E-state index is 13.3. The molecule has 0 saturated heterocycles. The number of aromatic nitrogens is 1. The van der Waals surface area contributed by atoms with Crippen molar-refractivity contribution in [1.29, 1.82) is 0 Å². The lowest BCUT2D eigenvalue weighted by Gasteiger charge is -2.70. The molecule has 1 heterocycles. The number of thiazole rings is 1. The van der Waals surface area contributed by atoms with Gasteiger partial charge in [-0.2, -0.15) is 0 Å². The van der Waals surface area contributed by atoms with E-state index in [4.69, 9.17) is 4.98 Å². The number of Topliss-reactive ketones (excluding diaryl/α,β-unsaturated/α-hetero) is 1. The van der Waals surface area contributed by atoms with Gasteiger partial charge in [0, 0.05) is 17.3 Å². The van der Waals surface area contributed by atoms with Crippen molar-refractivity contribution in [2.24, 2.45) is 45.8 Å². The second kappa shape index (κ2) is 14.2. The molecule has 1 N–H and O–H groups in total. The average molecular weight is 701 g/mol. The molecule has 0 bridgehead atoms. The van der Waals surface area contributed by atoms with E-state index in [2.05, 4.69) is 64.8 Å². The highest BCUT2D eigenvalue weighted by molar-refractivity contribution is 7.13. The number of aryl methyl sites for hydroxylation is 1. The van der Waals surface area contributed by atoms with Crippen molar-refractivity contribution in [3.63, 3.8) is 0 Å². The fourth-order valence-corrected chi connectivity index (χ4v) is 13.4. The Bertz CT molecular complexity index is 1580. The van der Waals surface area contributed by atoms with E-state index in [0.717, 1.165) is 29.2 Å². The Morgan fingerprint density at radius 2 is 1.68 bits per heavy atom. The summed E-state index contributed by atoms with van der Waals surface area (Å²) in [5.74, 6) is 2.45. The van der Waals surface area contributed by atoms with E-state index in [9.17, 15) is 14.7 Å². The predicted octanol–water partition coefficient (Wildman–Crippen LogP) is 11.5. The van der Waals surface area contributed by atoms with Crippen molar-refractivity contribution in [3.8, 4) is 0 Å². The molecular formula is C44H64N2O3S. The molecule has 2 aromatic rings. The topological polar surface area (TPSA) is 70.5 Å². The number of hydrogen-bond donors (Lipinski definition) is 1. The number of allylic oxidation sites excluding steroid dienone is 2. The fourth-order valence-electron chi connectivity index (χ4n) is 12.4. The number of carbonyl (C=O) groups excluding carboxylic acids is 1. The molecule has 0 spiro atoms. The molecule has 1 aromatic carbocycles. The molecule has 0 aliphatic heterocycles. The summed E-state index contributed by atoms with van der Waals surface area (Å²) in [4.78, 5) is 32.6. The molecule has 5 nitrogen and oxygen atoms in total. The first-order valence-electron chi connectivity index (χ1n) is 20.0. The molecule has 8 unspecified atom stereocenters. The molecule has 4 saturated carbocycles. The van der Waals surface area contributed by atoms with Crippen LogP contribution in [0.5, 0.6) is 0 Å². The number of anilines is 1. The first kappa shape index (κ1) is 37.3. The number of nitrogens with zero attached hydrogens (tertiary/aromatic N) is 2. The van der Waals surface area contributed by atoms with Gasteiger partial charge in [0.05, 0.1) is 17.8 Å². The van der Waals surface area contributed by atoms with Crippen molar-refractivity contribution in [1.82, 2.24) is 4.98 Å². The van der Waals surface area contributed by atoms with Gasteiger partial charge in [-0.1, -0.05) is 86.4 Å². The van der Waals surface area contributed by atoms with Crippen LogP contribution in [0.15, 0.2) is 35.7 Å². The number of rotatable bonds is 12. The highest BCUT2D eigenvalue weighted by Gasteiger charge is 2.69. The van der Waals surface area contributed by atoms with Crippen LogP contribution in [0.4, 0.5) is 5.13 Å². The van der Waals surface area contributed by atoms with Gasteiger partial charge in [0.1, 0.15) is 0 Å². The minimum absolute atomic E-state index is 0.0187. The Morgan fingerprint density at radius 1 is 0.960 bits per heavy atom. The normalized spacial score (nSPS) is 35.3. The van der Waals surface area contributed by atoms with Gasteiger partial charge in [-0.05, 0) is 133 Å². The molecule has 4 aliphatic rings. The second-order valence-electron chi connectivity index (χ2n) is 17.8. The zero-order valence-corrected chi connectivity index (χ0v) is 33.1. The molecular weight excluding hydrogens is 637 g/mol. The van der Waals surface area contributed by atoms with Crippen molar-refractivity contribution < 1.29 is 14.7 Å². The van der Waals surface area contributed by atoms with E-state index in [1.807, 2.05) is 19.1 Å². The molecule has 6 heteroatoms. The summed E-state index contributed by atoms with van der Waals surface area (Å²) >= 11 is 1.77. The maximum Gasteiger partial charge on any atom is 0.335 e. The highest BCUT2D eigenvalue weighted by Crippen LogP contribution is 2.74. The summed E-state index contributed by atoms with van der Waals surface area (Å²) in [7, 11) is 0. The second-order valence-corrected chi connectivity index (χ2v) is 18.6. The largest absolute Gasteiger partial charge is 0.478 e. The lowest BCUT2D eigenvalue weighted by molar-refractivity contribution is -0.195. The fraction of sp³-hybridized carbons (Fsp3) is 0.705. The number of aromatic carboxylic acids is 1. The quantitative estimate of drug-likeness (QED) is 0.239. The van der Waals surface area contributed by atoms with Crippen LogP contribution in [-0.2, 0) is 11.2 Å². The van der Waals surface area contributed by atoms with Crippen LogP contribution in [0.3, 0.4) is 0 Å². The standard InChI is InChI=1S/C44H64N2O3S/c1-9-30-19-24-44(46(27-34(47)11-3)40-45-33(10-2)28-50-40)26-25-42(7)36(38(30)44)17-18-37-41(6,21-12-22-43(37,42)8)23-20-35(29(4)5)31-13-15-32(16-14-31)39(48)49/h13-16,20,28-30,36-38H,9-12,17-19,21-27H2,1-8H3,(H,48,49). The van der Waals surface area contributed by atoms with Crippen LogP contribution >= 0.6 is 11.3 Å². The van der Waals surface area contributed by atoms with Gasteiger partial charge >= 0.3 is 5.97 Å². The molecule has 8 atom stereocenters. The van der Waals surface area contributed by atoms with E-state index in [-0.39, 0.29) is 21.8 Å². The van der Waals surface area contributed by atoms with Gasteiger partial charge in [-0.25, -0.2) is 9.78 Å². The Labute approximate surface area is 306 Å². The molecule has 1 aromatic heterocycles. The number of hydrogen-bond acceptors (Lipinski definition) is 5. The number of carboxylic acids is 1. The molecule has 50 heavy (non-hydrogen) atoms. The molecule has 6 rings (SSSR count). The van der Waals surface area contributed by atoms with E-state index in [1.165, 1.54) is 69.8 Å². The zero-order valence-electron chi connectivity index (χ0n) is 32.3. The first-order valence-corrected chi connectivity index (χ1v) is 20.9. The highest BCUT2D eigenvalue weighted by atomic mass is 32.1. The molecule has 0 amide bonds. The maximum absolute atomic E-state index is 13.3. The van der Waals surface area contributed by atoms with Gasteiger partial charge in [0.25, 0.3) is 0 Å². The van der Waals surface area contributed by atoms with Crippen molar-refractivity contribution >= 4 is 33.8 Å². The van der Waals surface area contributed by atoms with Crippen LogP contribution in [0.25, 0.3) is 5.57 Å². The summed E-state index contributed by atoms with van der Waals surface area (Å²) in [6.45, 7) is 19.7. The third kappa shape index (κ3) is 6.11. The zero-order chi connectivity index (χ0) is 36.1. The Kier molecular flexibility index (Phi) is 10.6. The summed E-state index contributed by atoms with van der Waals surface area (Å²) in [6.07, 6.45) is 17.7. The van der Waals surface area contributed by atoms with Crippen LogP contribution < -0.4 is 4.90 Å². The Hall–Kier alpha value is -2.47. The number of carboxylic acid groups (broad SMARTS) is 1. The lowest BCUT2D eigenvalue weighted by Crippen LogP contribution is -2.67. The van der Waals surface area contributed by atoms with Crippen molar-refractivity contribution in [2.75, 3.05) is 11.4 Å². The van der Waals surface area contributed by atoms with E-state index < -0.39 is 5.97 Å². The molecule has 0 radical (unpaired) electrons. The van der Waals surface area contributed by atoms with E-state index >= 15 is 0 Å². The predicted molar refractivity (Wildman–Crippen MR) is 208 cm³/mol. The number of benzene rings is 1. The van der Waals surface area contributed by atoms with E-state index in [0.29, 0.717) is 53.9 Å². The van der Waals surface area contributed by atoms with Gasteiger partial charge in [0.15, 0.2) is 10.9 Å². The lowest BCUT2D eigenvalue weighted by atomic mass is 9.36. The monoisotopic (exact) mass is 700 g/mol. The average Bonchev–Trinajstić information content (AvgIpc) is 3.73. The number of fused-ring (bicyclic) bond motifs is 5. The van der Waals surface area contributed by atoms with Crippen molar-refractivity contribution in [3.05, 3.63) is 52.5 Å². The molecule has 4 fully saturated rings. The Morgan fingerprint density at radius 3 is 2.30 bits per heavy atom. The minimum atomic E-state index is -0.872. The number of ketones is 1. The summed E-state index contributed by atoms with van der Waals surface area (Å²) < 4.78 is 0. The third-order valence-electron chi connectivity index (χ3n) is 15.3. The minimum Gasteiger partial charge on any atom is -0.478 e. The Balaban J connectivity index is 1.34. The van der Waals surface area contributed by atoms with Crippen LogP contribution in [0.2, 0.25) is 0 Å². The van der Waals surface area contributed by atoms with Crippen molar-refractivity contribution in [2.45, 2.75) is 144 Å². The summed E-state index contributed by atoms with van der Waals surface area (Å²) in [6, 6.07) is 7.51. The van der Waals surface area contributed by atoms with Gasteiger partial charge in [0.2, 0.25) is 0 Å². The smallest absolute Gasteiger partial charge is 0.335 e. The van der Waals surface area contributed by atoms with Gasteiger partial charge < -0.3 is 10.0 Å². The van der Waals surface area contributed by atoms with Crippen LogP contribution in [0.1, 0.15) is 154 Å². The molecule has 4 aliphatic carbocycles. The third-order valence-corrected chi connectivity index (χ3v) is 16.2. The van der Waals surface area contributed by atoms with Crippen LogP contribution in [-0.4, -0.2) is 33.9 Å². The SMILES string of the molecule is CCC(=O)CN(c1nc(CC)cs1)C12CCC(CC)C1C1CCC3C(C)(CC=C(c4ccc(C(=O)O)cc4)C(C)C)CCCC3(C)C1(C)CC2. The molecule has 274 valence electrons. The van der Waals surface area contributed by atoms with Gasteiger partial charge in [-0.3, -0.25) is 4.79 Å².